The van der Waals surface area contributed by atoms with Crippen molar-refractivity contribution in [1.82, 2.24) is 5.32 Å². The maximum atomic E-state index is 14.0. The van der Waals surface area contributed by atoms with Gasteiger partial charge in [-0.2, -0.15) is 0 Å². The van der Waals surface area contributed by atoms with Crippen molar-refractivity contribution in [3.63, 3.8) is 0 Å². The molecule has 1 aromatic rings. The van der Waals surface area contributed by atoms with Crippen LogP contribution in [0.3, 0.4) is 0 Å². The van der Waals surface area contributed by atoms with Gasteiger partial charge >= 0.3 is 0 Å². The number of rotatable bonds is 2. The zero-order valence-electron chi connectivity index (χ0n) is 8.25. The van der Waals surface area contributed by atoms with Gasteiger partial charge in [0.15, 0.2) is 0 Å². The van der Waals surface area contributed by atoms with Crippen LogP contribution in [0.4, 0.5) is 4.39 Å². The Labute approximate surface area is 84.3 Å². The average Bonchev–Trinajstić information content (AvgIpc) is 2.30. The van der Waals surface area contributed by atoms with E-state index in [0.717, 1.165) is 31.5 Å². The highest BCUT2D eigenvalue weighted by molar-refractivity contribution is 5.18. The molecular formula is C12H16FN. The van der Waals surface area contributed by atoms with Crippen LogP contribution in [0.15, 0.2) is 30.3 Å². The van der Waals surface area contributed by atoms with Crippen molar-refractivity contribution in [3.8, 4) is 0 Å². The highest BCUT2D eigenvalue weighted by atomic mass is 19.1. The maximum absolute atomic E-state index is 14.0. The van der Waals surface area contributed by atoms with Crippen molar-refractivity contribution >= 4 is 0 Å². The minimum Gasteiger partial charge on any atom is -0.317 e. The predicted octanol–water partition coefficient (Wildman–Crippen LogP) is 2.70. The SMILES string of the molecule is FC(c1ccccc1)C1CCNCC1. The first-order valence-electron chi connectivity index (χ1n) is 5.27. The zero-order chi connectivity index (χ0) is 9.80. The molecule has 2 heteroatoms. The smallest absolute Gasteiger partial charge is 0.128 e. The summed E-state index contributed by atoms with van der Waals surface area (Å²) in [4.78, 5) is 0. The summed E-state index contributed by atoms with van der Waals surface area (Å²) in [6, 6.07) is 9.50. The third-order valence-electron chi connectivity index (χ3n) is 2.92. The summed E-state index contributed by atoms with van der Waals surface area (Å²) in [5, 5.41) is 3.25. The van der Waals surface area contributed by atoms with Crippen LogP contribution in [0, 0.1) is 5.92 Å². The van der Waals surface area contributed by atoms with Crippen LogP contribution >= 0.6 is 0 Å². The second-order valence-corrected chi connectivity index (χ2v) is 3.90. The Balaban J connectivity index is 2.03. The van der Waals surface area contributed by atoms with Crippen molar-refractivity contribution in [2.24, 2.45) is 5.92 Å². The molecular weight excluding hydrogens is 177 g/mol. The minimum absolute atomic E-state index is 0.207. The van der Waals surface area contributed by atoms with Crippen LogP contribution in [0.25, 0.3) is 0 Å². The van der Waals surface area contributed by atoms with E-state index in [4.69, 9.17) is 0 Å². The topological polar surface area (TPSA) is 12.0 Å². The predicted molar refractivity (Wildman–Crippen MR) is 55.9 cm³/mol. The van der Waals surface area contributed by atoms with Gasteiger partial charge in [-0.15, -0.1) is 0 Å². The summed E-state index contributed by atoms with van der Waals surface area (Å²) in [6.07, 6.45) is 1.13. The molecule has 0 radical (unpaired) electrons. The van der Waals surface area contributed by atoms with E-state index in [2.05, 4.69) is 5.32 Å². The van der Waals surface area contributed by atoms with Gasteiger partial charge in [0.25, 0.3) is 0 Å². The molecule has 0 aromatic heterocycles. The standard InChI is InChI=1S/C12H16FN/c13-12(10-4-2-1-3-5-10)11-6-8-14-9-7-11/h1-5,11-12,14H,6-9H2. The molecule has 1 aliphatic heterocycles. The Morgan fingerprint density at radius 3 is 2.43 bits per heavy atom. The molecule has 0 saturated carbocycles. The molecule has 0 aliphatic carbocycles. The molecule has 1 nitrogen and oxygen atoms in total. The quantitative estimate of drug-likeness (QED) is 0.761. The fourth-order valence-electron chi connectivity index (χ4n) is 2.05. The monoisotopic (exact) mass is 193 g/mol. The summed E-state index contributed by atoms with van der Waals surface area (Å²) >= 11 is 0. The molecule has 14 heavy (non-hydrogen) atoms. The van der Waals surface area contributed by atoms with E-state index < -0.39 is 6.17 Å². The van der Waals surface area contributed by atoms with Crippen LogP contribution in [0.2, 0.25) is 0 Å². The lowest BCUT2D eigenvalue weighted by atomic mass is 9.89. The Morgan fingerprint density at radius 2 is 1.79 bits per heavy atom. The lowest BCUT2D eigenvalue weighted by Gasteiger charge is -2.25. The molecule has 0 spiro atoms. The van der Waals surface area contributed by atoms with E-state index in [1.807, 2.05) is 30.3 Å². The number of halogens is 1. The van der Waals surface area contributed by atoms with Crippen LogP contribution in [0.1, 0.15) is 24.6 Å². The van der Waals surface area contributed by atoms with Crippen molar-refractivity contribution in [3.05, 3.63) is 35.9 Å². The second kappa shape index (κ2) is 4.56. The summed E-state index contributed by atoms with van der Waals surface area (Å²) < 4.78 is 14.0. The summed E-state index contributed by atoms with van der Waals surface area (Å²) in [6.45, 7) is 1.91. The van der Waals surface area contributed by atoms with E-state index in [1.54, 1.807) is 0 Å². The highest BCUT2D eigenvalue weighted by Crippen LogP contribution is 2.31. The van der Waals surface area contributed by atoms with E-state index in [-0.39, 0.29) is 5.92 Å². The van der Waals surface area contributed by atoms with Crippen LogP contribution in [0.5, 0.6) is 0 Å². The fraction of sp³-hybridized carbons (Fsp3) is 0.500. The molecule has 1 aromatic carbocycles. The van der Waals surface area contributed by atoms with Gasteiger partial charge < -0.3 is 5.32 Å². The number of alkyl halides is 1. The van der Waals surface area contributed by atoms with E-state index in [9.17, 15) is 4.39 Å². The van der Waals surface area contributed by atoms with Crippen molar-refractivity contribution < 1.29 is 4.39 Å². The third-order valence-corrected chi connectivity index (χ3v) is 2.92. The molecule has 1 heterocycles. The Bertz CT molecular complexity index is 267. The van der Waals surface area contributed by atoms with Crippen LogP contribution < -0.4 is 5.32 Å². The van der Waals surface area contributed by atoms with Crippen molar-refractivity contribution in [1.29, 1.82) is 0 Å². The van der Waals surface area contributed by atoms with Crippen molar-refractivity contribution in [2.45, 2.75) is 19.0 Å². The Morgan fingerprint density at radius 1 is 1.14 bits per heavy atom. The second-order valence-electron chi connectivity index (χ2n) is 3.90. The summed E-state index contributed by atoms with van der Waals surface area (Å²) in [7, 11) is 0. The van der Waals surface area contributed by atoms with Gasteiger partial charge in [-0.25, -0.2) is 4.39 Å². The maximum Gasteiger partial charge on any atom is 0.128 e. The highest BCUT2D eigenvalue weighted by Gasteiger charge is 2.23. The van der Waals surface area contributed by atoms with Crippen LogP contribution in [-0.2, 0) is 0 Å². The van der Waals surface area contributed by atoms with Gasteiger partial charge in [-0.1, -0.05) is 30.3 Å². The lowest BCUT2D eigenvalue weighted by Crippen LogP contribution is -2.29. The van der Waals surface area contributed by atoms with Gasteiger partial charge in [-0.05, 0) is 37.4 Å². The average molecular weight is 193 g/mol. The first-order chi connectivity index (χ1) is 6.88. The van der Waals surface area contributed by atoms with Crippen LogP contribution in [-0.4, -0.2) is 13.1 Å². The molecule has 1 saturated heterocycles. The summed E-state index contributed by atoms with van der Waals surface area (Å²) in [5.74, 6) is 0.207. The van der Waals surface area contributed by atoms with Gasteiger partial charge in [-0.3, -0.25) is 0 Å². The molecule has 0 amide bonds. The van der Waals surface area contributed by atoms with Crippen molar-refractivity contribution in [2.75, 3.05) is 13.1 Å². The molecule has 0 bridgehead atoms. The minimum atomic E-state index is -0.779. The van der Waals surface area contributed by atoms with Gasteiger partial charge in [0.05, 0.1) is 0 Å². The van der Waals surface area contributed by atoms with E-state index in [1.165, 1.54) is 0 Å². The normalized spacial score (nSPS) is 20.6. The first-order valence-corrected chi connectivity index (χ1v) is 5.27. The fourth-order valence-corrected chi connectivity index (χ4v) is 2.05. The molecule has 1 unspecified atom stereocenters. The van der Waals surface area contributed by atoms with Gasteiger partial charge in [0.1, 0.15) is 6.17 Å². The molecule has 76 valence electrons. The number of hydrogen-bond donors (Lipinski definition) is 1. The Kier molecular flexibility index (Phi) is 3.14. The van der Waals surface area contributed by atoms with E-state index in [0.29, 0.717) is 0 Å². The first kappa shape index (κ1) is 9.66. The molecule has 1 fully saturated rings. The number of nitrogens with one attached hydrogen (secondary N) is 1. The third kappa shape index (κ3) is 2.13. The number of piperidine rings is 1. The molecule has 1 atom stereocenters. The number of hydrogen-bond acceptors (Lipinski definition) is 1. The zero-order valence-corrected chi connectivity index (χ0v) is 8.25. The molecule has 1 N–H and O–H groups in total. The Hall–Kier alpha value is -0.890. The van der Waals surface area contributed by atoms with Gasteiger partial charge in [0.2, 0.25) is 0 Å². The van der Waals surface area contributed by atoms with Gasteiger partial charge in [0, 0.05) is 0 Å². The summed E-state index contributed by atoms with van der Waals surface area (Å²) in [5.41, 5.74) is 0.833. The lowest BCUT2D eigenvalue weighted by molar-refractivity contribution is 0.190. The number of benzene rings is 1. The molecule has 2 rings (SSSR count). The van der Waals surface area contributed by atoms with E-state index >= 15 is 0 Å². The molecule has 1 aliphatic rings. The largest absolute Gasteiger partial charge is 0.317 e.